The number of methoxy groups -OCH3 is 1. The van der Waals surface area contributed by atoms with E-state index in [4.69, 9.17) is 14.5 Å². The summed E-state index contributed by atoms with van der Waals surface area (Å²) in [6.07, 6.45) is 2.13. The first-order valence-electron chi connectivity index (χ1n) is 8.27. The molecule has 6 heteroatoms. The van der Waals surface area contributed by atoms with E-state index in [-0.39, 0.29) is 12.0 Å². The number of aromatic nitrogens is 1. The number of hydrogen-bond donors (Lipinski definition) is 0. The average molecular weight is 348 g/mol. The minimum absolute atomic E-state index is 0.0658. The summed E-state index contributed by atoms with van der Waals surface area (Å²) in [5.74, 6) is 0.797. The molecule has 130 valence electrons. The summed E-state index contributed by atoms with van der Waals surface area (Å²) in [4.78, 5) is 19.5. The average Bonchev–Trinajstić information content (AvgIpc) is 3.19. The lowest BCUT2D eigenvalue weighted by Gasteiger charge is -2.29. The van der Waals surface area contributed by atoms with E-state index in [1.807, 2.05) is 39.0 Å². The van der Waals surface area contributed by atoms with E-state index in [0.29, 0.717) is 11.7 Å². The number of ether oxygens (including phenoxy) is 2. The van der Waals surface area contributed by atoms with Crippen LogP contribution >= 0.6 is 11.3 Å². The van der Waals surface area contributed by atoms with Gasteiger partial charge in [-0.05, 0) is 25.0 Å². The Balaban J connectivity index is 1.99. The molecule has 1 amide bonds. The second-order valence-corrected chi connectivity index (χ2v) is 8.11. The molecule has 0 saturated carbocycles. The smallest absolute Gasteiger partial charge is 0.234 e. The largest absolute Gasteiger partial charge is 0.494 e. The van der Waals surface area contributed by atoms with Crippen LogP contribution in [0.3, 0.4) is 0 Å². The molecule has 2 aromatic rings. The minimum atomic E-state index is -0.472. The van der Waals surface area contributed by atoms with E-state index < -0.39 is 5.41 Å². The number of amides is 1. The third-order valence-corrected chi connectivity index (χ3v) is 5.16. The number of nitrogens with zero attached hydrogens (tertiary/aromatic N) is 2. The summed E-state index contributed by atoms with van der Waals surface area (Å²) in [5.41, 5.74) is 0.333. The number of carbonyl (C=O) groups excluding carboxylic acids is 1. The lowest BCUT2D eigenvalue weighted by atomic mass is 9.94. The van der Waals surface area contributed by atoms with Gasteiger partial charge < -0.3 is 9.47 Å². The number of benzene rings is 1. The predicted octanol–water partition coefficient (Wildman–Crippen LogP) is 3.86. The standard InChI is InChI=1S/C18H24N2O3S/c1-18(2,3)16(21)20(11-12-7-6-10-23-12)17-19-15-13(22-4)8-5-9-14(15)24-17/h5,8-9,12H,6-7,10-11H2,1-4H3. The molecule has 0 spiro atoms. The maximum Gasteiger partial charge on any atom is 0.234 e. The zero-order valence-corrected chi connectivity index (χ0v) is 15.5. The first kappa shape index (κ1) is 17.2. The van der Waals surface area contributed by atoms with Gasteiger partial charge in [-0.25, -0.2) is 4.98 Å². The summed E-state index contributed by atoms with van der Waals surface area (Å²) in [6.45, 7) is 7.14. The molecule has 2 heterocycles. The SMILES string of the molecule is COc1cccc2sc(N(CC3CCCO3)C(=O)C(C)(C)C)nc12. The first-order valence-corrected chi connectivity index (χ1v) is 9.09. The topological polar surface area (TPSA) is 51.7 Å². The van der Waals surface area contributed by atoms with Gasteiger partial charge in [0.2, 0.25) is 5.91 Å². The Labute approximate surface area is 146 Å². The molecule has 1 aliphatic heterocycles. The second kappa shape index (κ2) is 6.69. The molecule has 1 unspecified atom stereocenters. The van der Waals surface area contributed by atoms with Gasteiger partial charge in [0, 0.05) is 12.0 Å². The highest BCUT2D eigenvalue weighted by Crippen LogP contribution is 2.36. The summed E-state index contributed by atoms with van der Waals surface area (Å²) >= 11 is 1.52. The second-order valence-electron chi connectivity index (χ2n) is 7.10. The summed E-state index contributed by atoms with van der Waals surface area (Å²) in [7, 11) is 1.64. The van der Waals surface area contributed by atoms with Crippen LogP contribution in [0.2, 0.25) is 0 Å². The lowest BCUT2D eigenvalue weighted by molar-refractivity contribution is -0.126. The van der Waals surface area contributed by atoms with Crippen molar-refractivity contribution in [2.45, 2.75) is 39.7 Å². The van der Waals surface area contributed by atoms with Gasteiger partial charge in [-0.2, -0.15) is 0 Å². The van der Waals surface area contributed by atoms with Crippen LogP contribution in [0.4, 0.5) is 5.13 Å². The maximum absolute atomic E-state index is 13.0. The molecular weight excluding hydrogens is 324 g/mol. The number of para-hydroxylation sites is 1. The van der Waals surface area contributed by atoms with Gasteiger partial charge in [0.05, 0.1) is 24.5 Å². The molecule has 1 fully saturated rings. The van der Waals surface area contributed by atoms with Crippen LogP contribution in [0.5, 0.6) is 5.75 Å². The molecule has 1 aliphatic rings. The Bertz CT molecular complexity index is 729. The quantitative estimate of drug-likeness (QED) is 0.842. The van der Waals surface area contributed by atoms with Crippen LogP contribution in [-0.4, -0.2) is 37.3 Å². The van der Waals surface area contributed by atoms with Gasteiger partial charge >= 0.3 is 0 Å². The number of carbonyl (C=O) groups is 1. The normalized spacial score (nSPS) is 18.1. The van der Waals surface area contributed by atoms with Gasteiger partial charge in [-0.3, -0.25) is 9.69 Å². The number of anilines is 1. The van der Waals surface area contributed by atoms with Crippen molar-refractivity contribution in [1.82, 2.24) is 4.98 Å². The molecule has 0 aliphatic carbocycles. The fourth-order valence-corrected chi connectivity index (χ4v) is 3.83. The maximum atomic E-state index is 13.0. The highest BCUT2D eigenvalue weighted by Gasteiger charge is 2.33. The summed E-state index contributed by atoms with van der Waals surface area (Å²) < 4.78 is 12.2. The third kappa shape index (κ3) is 3.39. The minimum Gasteiger partial charge on any atom is -0.494 e. The summed E-state index contributed by atoms with van der Waals surface area (Å²) in [6, 6.07) is 5.84. The van der Waals surface area contributed by atoms with Crippen molar-refractivity contribution in [1.29, 1.82) is 0 Å². The van der Waals surface area contributed by atoms with Gasteiger partial charge in [-0.15, -0.1) is 0 Å². The molecule has 1 aromatic carbocycles. The van der Waals surface area contributed by atoms with E-state index in [0.717, 1.165) is 35.4 Å². The summed E-state index contributed by atoms with van der Waals surface area (Å²) in [5, 5.41) is 0.713. The Morgan fingerprint density at radius 3 is 2.88 bits per heavy atom. The zero-order valence-electron chi connectivity index (χ0n) is 14.7. The van der Waals surface area contributed by atoms with Gasteiger partial charge in [-0.1, -0.05) is 38.2 Å². The monoisotopic (exact) mass is 348 g/mol. The number of fused-ring (bicyclic) bond motifs is 1. The highest BCUT2D eigenvalue weighted by atomic mass is 32.1. The third-order valence-electron chi connectivity index (χ3n) is 4.12. The first-order chi connectivity index (χ1) is 11.4. The number of hydrogen-bond acceptors (Lipinski definition) is 5. The molecule has 0 N–H and O–H groups in total. The van der Waals surface area contributed by atoms with Crippen LogP contribution in [0.15, 0.2) is 18.2 Å². The van der Waals surface area contributed by atoms with Crippen molar-refractivity contribution >= 4 is 32.6 Å². The lowest BCUT2D eigenvalue weighted by Crippen LogP contribution is -2.43. The van der Waals surface area contributed by atoms with Crippen LogP contribution in [0.25, 0.3) is 10.2 Å². The fraction of sp³-hybridized carbons (Fsp3) is 0.556. The van der Waals surface area contributed by atoms with Crippen LogP contribution < -0.4 is 9.64 Å². The van der Waals surface area contributed by atoms with Crippen molar-refractivity contribution in [2.75, 3.05) is 25.2 Å². The molecule has 0 radical (unpaired) electrons. The highest BCUT2D eigenvalue weighted by molar-refractivity contribution is 7.22. The molecule has 0 bridgehead atoms. The van der Waals surface area contributed by atoms with Gasteiger partial charge in [0.1, 0.15) is 11.3 Å². The zero-order chi connectivity index (χ0) is 17.3. The number of rotatable bonds is 4. The van der Waals surface area contributed by atoms with E-state index in [9.17, 15) is 4.79 Å². The van der Waals surface area contributed by atoms with Crippen molar-refractivity contribution in [3.05, 3.63) is 18.2 Å². The molecule has 5 nitrogen and oxygen atoms in total. The molecule has 24 heavy (non-hydrogen) atoms. The molecule has 1 atom stereocenters. The van der Waals surface area contributed by atoms with Crippen molar-refractivity contribution < 1.29 is 14.3 Å². The van der Waals surface area contributed by atoms with Gasteiger partial charge in [0.25, 0.3) is 0 Å². The predicted molar refractivity (Wildman–Crippen MR) is 97.0 cm³/mol. The van der Waals surface area contributed by atoms with E-state index in [2.05, 4.69) is 0 Å². The van der Waals surface area contributed by atoms with E-state index in [1.54, 1.807) is 12.0 Å². The Morgan fingerprint density at radius 1 is 1.46 bits per heavy atom. The van der Waals surface area contributed by atoms with E-state index in [1.165, 1.54) is 11.3 Å². The van der Waals surface area contributed by atoms with Crippen molar-refractivity contribution in [3.8, 4) is 5.75 Å². The van der Waals surface area contributed by atoms with Crippen LogP contribution in [-0.2, 0) is 9.53 Å². The van der Waals surface area contributed by atoms with Crippen molar-refractivity contribution in [3.63, 3.8) is 0 Å². The van der Waals surface area contributed by atoms with Crippen LogP contribution in [0, 0.1) is 5.41 Å². The Hall–Kier alpha value is -1.66. The molecular formula is C18H24N2O3S. The fourth-order valence-electron chi connectivity index (χ4n) is 2.84. The number of thiazole rings is 1. The van der Waals surface area contributed by atoms with Crippen molar-refractivity contribution in [2.24, 2.45) is 5.41 Å². The molecule has 1 aromatic heterocycles. The van der Waals surface area contributed by atoms with Crippen LogP contribution in [0.1, 0.15) is 33.6 Å². The van der Waals surface area contributed by atoms with E-state index >= 15 is 0 Å². The molecule has 1 saturated heterocycles. The van der Waals surface area contributed by atoms with Gasteiger partial charge in [0.15, 0.2) is 5.13 Å². The Morgan fingerprint density at radius 2 is 2.25 bits per heavy atom. The molecule has 3 rings (SSSR count). The Kier molecular flexibility index (Phi) is 4.78.